The molecule has 3 rings (SSSR count). The van der Waals surface area contributed by atoms with E-state index in [4.69, 9.17) is 4.74 Å². The number of aromatic nitrogens is 2. The Balaban J connectivity index is 1.90. The summed E-state index contributed by atoms with van der Waals surface area (Å²) in [6, 6.07) is 2.44. The van der Waals surface area contributed by atoms with Crippen LogP contribution >= 0.6 is 11.3 Å². The van der Waals surface area contributed by atoms with Crippen molar-refractivity contribution in [3.05, 3.63) is 35.1 Å². The van der Waals surface area contributed by atoms with Crippen molar-refractivity contribution in [2.45, 2.75) is 31.4 Å². The second-order valence-corrected chi connectivity index (χ2v) is 6.13. The molecule has 4 nitrogen and oxygen atoms in total. The molecule has 1 saturated carbocycles. The molecule has 2 heterocycles. The van der Waals surface area contributed by atoms with Gasteiger partial charge in [-0.25, -0.2) is 4.98 Å². The number of esters is 1. The molecule has 0 atom stereocenters. The van der Waals surface area contributed by atoms with Crippen LogP contribution in [0.5, 0.6) is 0 Å². The molecule has 1 aliphatic rings. The molecule has 1 fully saturated rings. The second kappa shape index (κ2) is 5.59. The molecule has 0 bridgehead atoms. The van der Waals surface area contributed by atoms with Gasteiger partial charge in [-0.3, -0.25) is 9.78 Å². The van der Waals surface area contributed by atoms with E-state index in [2.05, 4.69) is 9.97 Å². The number of hydrogen-bond acceptors (Lipinski definition) is 5. The SMILES string of the molecule is CCOC(=O)C1(c2csc(-c3ccnc(C(F)(F)F)c3)n2)CC1. The van der Waals surface area contributed by atoms with E-state index >= 15 is 0 Å². The zero-order valence-corrected chi connectivity index (χ0v) is 13.0. The molecule has 0 amide bonds. The minimum absolute atomic E-state index is 0.289. The number of rotatable bonds is 4. The van der Waals surface area contributed by atoms with Gasteiger partial charge in [-0.05, 0) is 31.9 Å². The molecule has 0 unspecified atom stereocenters. The molecule has 2 aromatic heterocycles. The maximum absolute atomic E-state index is 12.7. The van der Waals surface area contributed by atoms with Crippen molar-refractivity contribution in [2.24, 2.45) is 0 Å². The predicted octanol–water partition coefficient (Wildman–Crippen LogP) is 3.82. The molecule has 1 aliphatic carbocycles. The fraction of sp³-hybridized carbons (Fsp3) is 0.400. The number of pyridine rings is 1. The fourth-order valence-electron chi connectivity index (χ4n) is 2.30. The summed E-state index contributed by atoms with van der Waals surface area (Å²) in [5.74, 6) is -0.317. The van der Waals surface area contributed by atoms with E-state index in [1.54, 1.807) is 12.3 Å². The van der Waals surface area contributed by atoms with Crippen LogP contribution in [0.25, 0.3) is 10.6 Å². The van der Waals surface area contributed by atoms with Crippen LogP contribution in [0, 0.1) is 0 Å². The van der Waals surface area contributed by atoms with Gasteiger partial charge in [0.25, 0.3) is 0 Å². The van der Waals surface area contributed by atoms with Crippen molar-refractivity contribution < 1.29 is 22.7 Å². The van der Waals surface area contributed by atoms with E-state index in [0.29, 0.717) is 29.1 Å². The topological polar surface area (TPSA) is 52.1 Å². The van der Waals surface area contributed by atoms with Crippen LogP contribution in [0.15, 0.2) is 23.7 Å². The molecular weight excluding hydrogens is 329 g/mol. The van der Waals surface area contributed by atoms with Gasteiger partial charge >= 0.3 is 12.1 Å². The first kappa shape index (κ1) is 15.9. The fourth-order valence-corrected chi connectivity index (χ4v) is 3.22. The van der Waals surface area contributed by atoms with Gasteiger partial charge in [0.2, 0.25) is 0 Å². The van der Waals surface area contributed by atoms with Gasteiger partial charge in [0, 0.05) is 17.1 Å². The predicted molar refractivity (Wildman–Crippen MR) is 77.9 cm³/mol. The van der Waals surface area contributed by atoms with Crippen LogP contribution in [0.3, 0.4) is 0 Å². The second-order valence-electron chi connectivity index (χ2n) is 5.27. The van der Waals surface area contributed by atoms with E-state index in [1.165, 1.54) is 17.4 Å². The maximum Gasteiger partial charge on any atom is 0.433 e. The summed E-state index contributed by atoms with van der Waals surface area (Å²) in [4.78, 5) is 19.7. The molecule has 0 spiro atoms. The summed E-state index contributed by atoms with van der Waals surface area (Å²) in [5.41, 5.74) is -0.771. The molecule has 0 saturated heterocycles. The van der Waals surface area contributed by atoms with Gasteiger partial charge in [-0.2, -0.15) is 13.2 Å². The highest BCUT2D eigenvalue weighted by Crippen LogP contribution is 2.50. The number of nitrogens with zero attached hydrogens (tertiary/aromatic N) is 2. The maximum atomic E-state index is 12.7. The average molecular weight is 342 g/mol. The Labute approximate surface area is 134 Å². The smallest absolute Gasteiger partial charge is 0.433 e. The Morgan fingerprint density at radius 3 is 2.78 bits per heavy atom. The van der Waals surface area contributed by atoms with E-state index in [0.717, 1.165) is 12.3 Å². The summed E-state index contributed by atoms with van der Waals surface area (Å²) in [6.45, 7) is 2.02. The Morgan fingerprint density at radius 1 is 1.43 bits per heavy atom. The first-order valence-electron chi connectivity index (χ1n) is 7.03. The zero-order valence-electron chi connectivity index (χ0n) is 12.2. The monoisotopic (exact) mass is 342 g/mol. The highest BCUT2D eigenvalue weighted by atomic mass is 32.1. The summed E-state index contributed by atoms with van der Waals surface area (Å²) in [5, 5.41) is 2.15. The van der Waals surface area contributed by atoms with Crippen LogP contribution < -0.4 is 0 Å². The van der Waals surface area contributed by atoms with Crippen LogP contribution in [-0.4, -0.2) is 22.5 Å². The number of ether oxygens (including phenoxy) is 1. The number of halogens is 3. The van der Waals surface area contributed by atoms with Crippen molar-refractivity contribution in [1.82, 2.24) is 9.97 Å². The van der Waals surface area contributed by atoms with Crippen molar-refractivity contribution in [3.63, 3.8) is 0 Å². The quantitative estimate of drug-likeness (QED) is 0.793. The van der Waals surface area contributed by atoms with Crippen molar-refractivity contribution in [1.29, 1.82) is 0 Å². The minimum Gasteiger partial charge on any atom is -0.465 e. The third-order valence-corrected chi connectivity index (χ3v) is 4.60. The van der Waals surface area contributed by atoms with Crippen LogP contribution in [0.1, 0.15) is 31.2 Å². The van der Waals surface area contributed by atoms with E-state index < -0.39 is 17.3 Å². The number of carbonyl (C=O) groups excluding carboxylic acids is 1. The summed E-state index contributed by atoms with van der Waals surface area (Å²) in [6.07, 6.45) is -2.09. The van der Waals surface area contributed by atoms with Crippen LogP contribution in [0.2, 0.25) is 0 Å². The average Bonchev–Trinajstić information content (AvgIpc) is 3.17. The third-order valence-electron chi connectivity index (χ3n) is 3.71. The Morgan fingerprint density at radius 2 is 2.17 bits per heavy atom. The first-order valence-corrected chi connectivity index (χ1v) is 7.91. The van der Waals surface area contributed by atoms with Gasteiger partial charge < -0.3 is 4.74 Å². The van der Waals surface area contributed by atoms with Gasteiger partial charge in [0.05, 0.1) is 12.3 Å². The zero-order chi connectivity index (χ0) is 16.7. The van der Waals surface area contributed by atoms with Gasteiger partial charge in [0.15, 0.2) is 0 Å². The van der Waals surface area contributed by atoms with Crippen LogP contribution in [0.4, 0.5) is 13.2 Å². The highest BCUT2D eigenvalue weighted by Gasteiger charge is 2.54. The molecule has 0 radical (unpaired) electrons. The summed E-state index contributed by atoms with van der Waals surface area (Å²) < 4.78 is 43.3. The molecule has 2 aromatic rings. The molecule has 0 aliphatic heterocycles. The van der Waals surface area contributed by atoms with E-state index in [1.807, 2.05) is 0 Å². The number of carbonyl (C=O) groups is 1. The van der Waals surface area contributed by atoms with E-state index in [-0.39, 0.29) is 12.6 Å². The Hall–Kier alpha value is -1.96. The molecule has 0 N–H and O–H groups in total. The lowest BCUT2D eigenvalue weighted by atomic mass is 10.0. The first-order chi connectivity index (χ1) is 10.9. The lowest BCUT2D eigenvalue weighted by molar-refractivity contribution is -0.146. The van der Waals surface area contributed by atoms with Gasteiger partial charge in [0.1, 0.15) is 16.1 Å². The number of thiazole rings is 1. The Kier molecular flexibility index (Phi) is 3.87. The summed E-state index contributed by atoms with van der Waals surface area (Å²) in [7, 11) is 0. The molecule has 23 heavy (non-hydrogen) atoms. The lowest BCUT2D eigenvalue weighted by Gasteiger charge is -2.10. The molecule has 122 valence electrons. The van der Waals surface area contributed by atoms with E-state index in [9.17, 15) is 18.0 Å². The number of hydrogen-bond donors (Lipinski definition) is 0. The number of alkyl halides is 3. The van der Waals surface area contributed by atoms with Gasteiger partial charge in [-0.1, -0.05) is 0 Å². The Bertz CT molecular complexity index is 738. The van der Waals surface area contributed by atoms with Crippen molar-refractivity contribution in [2.75, 3.05) is 6.61 Å². The third kappa shape index (κ3) is 2.95. The molecule has 8 heteroatoms. The van der Waals surface area contributed by atoms with Crippen molar-refractivity contribution >= 4 is 17.3 Å². The summed E-state index contributed by atoms with van der Waals surface area (Å²) >= 11 is 1.21. The molecular formula is C15H13F3N2O2S. The highest BCUT2D eigenvalue weighted by molar-refractivity contribution is 7.13. The van der Waals surface area contributed by atoms with Gasteiger partial charge in [-0.15, -0.1) is 11.3 Å². The standard InChI is InChI=1S/C15H13F3N2O2S/c1-2-22-13(21)14(4-5-14)11-8-23-12(20-11)9-3-6-19-10(7-9)15(16,17)18/h3,6-8H,2,4-5H2,1H3. The van der Waals surface area contributed by atoms with Crippen LogP contribution in [-0.2, 0) is 21.1 Å². The minimum atomic E-state index is -4.50. The normalized spacial score (nSPS) is 16.2. The van der Waals surface area contributed by atoms with Crippen molar-refractivity contribution in [3.8, 4) is 10.6 Å². The lowest BCUT2D eigenvalue weighted by Crippen LogP contribution is -2.23. The largest absolute Gasteiger partial charge is 0.465 e. The molecule has 0 aromatic carbocycles.